The largest absolute Gasteiger partial charge is 0.330 e. The van der Waals surface area contributed by atoms with Crippen molar-refractivity contribution in [2.45, 2.75) is 83.1 Å². The molecule has 2 nitrogen and oxygen atoms in total. The molecule has 2 aliphatic rings. The Balaban J connectivity index is 1.72. The van der Waals surface area contributed by atoms with E-state index in [4.69, 9.17) is 5.73 Å². The molecule has 0 aromatic heterocycles. The highest BCUT2D eigenvalue weighted by Gasteiger charge is 2.31. The average Bonchev–Trinajstić information content (AvgIpc) is 2.48. The Hall–Kier alpha value is -0.0800. The summed E-state index contributed by atoms with van der Waals surface area (Å²) in [5.41, 5.74) is 5.55. The van der Waals surface area contributed by atoms with E-state index in [0.29, 0.717) is 0 Å². The third-order valence-corrected chi connectivity index (χ3v) is 5.36. The quantitative estimate of drug-likeness (QED) is 0.687. The van der Waals surface area contributed by atoms with Gasteiger partial charge in [-0.2, -0.15) is 0 Å². The smallest absolute Gasteiger partial charge is 0.00979 e. The van der Waals surface area contributed by atoms with Crippen LogP contribution < -0.4 is 11.1 Å². The standard InChI is InChI=1S/C17H34N2/c18-13-7-2-8-14-19-17-12-6-5-11-16(17)15-9-3-1-4-10-15/h15-17,19H,1-14,18H2. The van der Waals surface area contributed by atoms with Gasteiger partial charge in [-0.3, -0.25) is 0 Å². The molecule has 0 bridgehead atoms. The first kappa shape index (κ1) is 15.3. The molecular formula is C17H34N2. The maximum atomic E-state index is 5.55. The van der Waals surface area contributed by atoms with Crippen LogP contribution in [0.5, 0.6) is 0 Å². The molecule has 0 radical (unpaired) electrons. The van der Waals surface area contributed by atoms with Gasteiger partial charge in [0.05, 0.1) is 0 Å². The van der Waals surface area contributed by atoms with Gasteiger partial charge in [0.1, 0.15) is 0 Å². The lowest BCUT2D eigenvalue weighted by Crippen LogP contribution is -2.42. The molecule has 0 aliphatic heterocycles. The first-order valence-corrected chi connectivity index (χ1v) is 8.85. The van der Waals surface area contributed by atoms with Crippen molar-refractivity contribution in [2.24, 2.45) is 17.6 Å². The van der Waals surface area contributed by atoms with E-state index in [0.717, 1.165) is 24.4 Å². The molecule has 2 aliphatic carbocycles. The highest BCUT2D eigenvalue weighted by atomic mass is 14.9. The molecule has 2 unspecified atom stereocenters. The van der Waals surface area contributed by atoms with Gasteiger partial charge >= 0.3 is 0 Å². The van der Waals surface area contributed by atoms with Gasteiger partial charge in [-0.25, -0.2) is 0 Å². The monoisotopic (exact) mass is 266 g/mol. The van der Waals surface area contributed by atoms with Crippen molar-refractivity contribution in [1.29, 1.82) is 0 Å². The lowest BCUT2D eigenvalue weighted by Gasteiger charge is -2.39. The first-order valence-electron chi connectivity index (χ1n) is 8.85. The van der Waals surface area contributed by atoms with Crippen molar-refractivity contribution in [3.05, 3.63) is 0 Å². The van der Waals surface area contributed by atoms with Crippen molar-refractivity contribution in [3.63, 3.8) is 0 Å². The zero-order valence-corrected chi connectivity index (χ0v) is 12.7. The van der Waals surface area contributed by atoms with Gasteiger partial charge in [-0.05, 0) is 50.6 Å². The van der Waals surface area contributed by atoms with Crippen LogP contribution in [0.25, 0.3) is 0 Å². The fraction of sp³-hybridized carbons (Fsp3) is 1.00. The van der Waals surface area contributed by atoms with Crippen LogP contribution >= 0.6 is 0 Å². The molecule has 2 heteroatoms. The highest BCUT2D eigenvalue weighted by molar-refractivity contribution is 4.86. The summed E-state index contributed by atoms with van der Waals surface area (Å²) in [4.78, 5) is 0. The van der Waals surface area contributed by atoms with Crippen molar-refractivity contribution in [2.75, 3.05) is 13.1 Å². The van der Waals surface area contributed by atoms with Crippen LogP contribution in [0, 0.1) is 11.8 Å². The summed E-state index contributed by atoms with van der Waals surface area (Å²) in [5, 5.41) is 3.89. The van der Waals surface area contributed by atoms with Crippen molar-refractivity contribution >= 4 is 0 Å². The van der Waals surface area contributed by atoms with E-state index in [1.807, 2.05) is 0 Å². The Morgan fingerprint density at radius 2 is 1.53 bits per heavy atom. The van der Waals surface area contributed by atoms with E-state index < -0.39 is 0 Å². The second-order valence-corrected chi connectivity index (χ2v) is 6.76. The topological polar surface area (TPSA) is 38.0 Å². The van der Waals surface area contributed by atoms with E-state index in [9.17, 15) is 0 Å². The third-order valence-electron chi connectivity index (χ3n) is 5.36. The number of hydrogen-bond acceptors (Lipinski definition) is 2. The number of rotatable bonds is 7. The molecule has 112 valence electrons. The number of unbranched alkanes of at least 4 members (excludes halogenated alkanes) is 2. The molecule has 0 aromatic rings. The SMILES string of the molecule is NCCCCCNC1CCCCC1C1CCCCC1. The molecule has 0 aromatic carbocycles. The van der Waals surface area contributed by atoms with Gasteiger partial charge in [-0.1, -0.05) is 51.4 Å². The van der Waals surface area contributed by atoms with E-state index in [2.05, 4.69) is 5.32 Å². The maximum Gasteiger partial charge on any atom is 0.00979 e. The van der Waals surface area contributed by atoms with E-state index in [-0.39, 0.29) is 0 Å². The molecule has 0 saturated heterocycles. The number of nitrogens with two attached hydrogens (primary N) is 1. The van der Waals surface area contributed by atoms with Gasteiger partial charge in [0, 0.05) is 6.04 Å². The summed E-state index contributed by atoms with van der Waals surface area (Å²) >= 11 is 0. The Bertz CT molecular complexity index is 223. The molecule has 19 heavy (non-hydrogen) atoms. The van der Waals surface area contributed by atoms with Gasteiger partial charge in [0.2, 0.25) is 0 Å². The van der Waals surface area contributed by atoms with Gasteiger partial charge in [0.15, 0.2) is 0 Å². The molecule has 2 saturated carbocycles. The van der Waals surface area contributed by atoms with Crippen molar-refractivity contribution < 1.29 is 0 Å². The molecular weight excluding hydrogens is 232 g/mol. The lowest BCUT2D eigenvalue weighted by atomic mass is 9.71. The molecule has 2 fully saturated rings. The number of nitrogens with one attached hydrogen (secondary N) is 1. The Morgan fingerprint density at radius 1 is 0.789 bits per heavy atom. The number of hydrogen-bond donors (Lipinski definition) is 2. The predicted molar refractivity (Wildman–Crippen MR) is 83.2 cm³/mol. The van der Waals surface area contributed by atoms with Crippen molar-refractivity contribution in [1.82, 2.24) is 5.32 Å². The molecule has 0 amide bonds. The summed E-state index contributed by atoms with van der Waals surface area (Å²) in [6.45, 7) is 2.07. The fourth-order valence-electron chi connectivity index (χ4n) is 4.27. The second-order valence-electron chi connectivity index (χ2n) is 6.76. The Morgan fingerprint density at radius 3 is 2.32 bits per heavy atom. The van der Waals surface area contributed by atoms with Gasteiger partial charge in [-0.15, -0.1) is 0 Å². The molecule has 0 heterocycles. The van der Waals surface area contributed by atoms with Crippen LogP contribution in [0.4, 0.5) is 0 Å². The summed E-state index contributed by atoms with van der Waals surface area (Å²) in [6, 6.07) is 0.828. The zero-order chi connectivity index (χ0) is 13.3. The summed E-state index contributed by atoms with van der Waals surface area (Å²) < 4.78 is 0. The molecule has 2 rings (SSSR count). The minimum absolute atomic E-state index is 0.828. The van der Waals surface area contributed by atoms with Crippen LogP contribution in [0.2, 0.25) is 0 Å². The Kier molecular flexibility index (Phi) is 7.23. The Labute approximate surface area is 119 Å². The molecule has 0 spiro atoms. The van der Waals surface area contributed by atoms with Crippen LogP contribution in [-0.4, -0.2) is 19.1 Å². The van der Waals surface area contributed by atoms with Crippen LogP contribution in [0.1, 0.15) is 77.0 Å². The molecule has 2 atom stereocenters. The molecule has 3 N–H and O–H groups in total. The van der Waals surface area contributed by atoms with E-state index in [1.165, 1.54) is 83.6 Å². The zero-order valence-electron chi connectivity index (χ0n) is 12.7. The minimum Gasteiger partial charge on any atom is -0.330 e. The summed E-state index contributed by atoms with van der Waals surface area (Å²) in [7, 11) is 0. The third kappa shape index (κ3) is 5.07. The first-order chi connectivity index (χ1) is 9.42. The van der Waals surface area contributed by atoms with E-state index >= 15 is 0 Å². The highest BCUT2D eigenvalue weighted by Crippen LogP contribution is 2.38. The van der Waals surface area contributed by atoms with Crippen molar-refractivity contribution in [3.8, 4) is 0 Å². The summed E-state index contributed by atoms with van der Waals surface area (Å²) in [6.07, 6.45) is 17.1. The van der Waals surface area contributed by atoms with Gasteiger partial charge in [0.25, 0.3) is 0 Å². The van der Waals surface area contributed by atoms with Gasteiger partial charge < -0.3 is 11.1 Å². The minimum atomic E-state index is 0.828. The lowest BCUT2D eigenvalue weighted by molar-refractivity contribution is 0.150. The summed E-state index contributed by atoms with van der Waals surface area (Å²) in [5.74, 6) is 2.03. The second kappa shape index (κ2) is 8.97. The van der Waals surface area contributed by atoms with Crippen LogP contribution in [0.15, 0.2) is 0 Å². The van der Waals surface area contributed by atoms with Crippen LogP contribution in [0.3, 0.4) is 0 Å². The average molecular weight is 266 g/mol. The van der Waals surface area contributed by atoms with E-state index in [1.54, 1.807) is 0 Å². The maximum absolute atomic E-state index is 5.55. The van der Waals surface area contributed by atoms with Crippen LogP contribution in [-0.2, 0) is 0 Å². The predicted octanol–water partition coefficient (Wildman–Crippen LogP) is 3.84. The fourth-order valence-corrected chi connectivity index (χ4v) is 4.27. The normalized spacial score (nSPS) is 29.5.